The van der Waals surface area contributed by atoms with E-state index in [1.807, 2.05) is 18.2 Å². The lowest BCUT2D eigenvalue weighted by Crippen LogP contribution is -2.36. The molecule has 0 saturated carbocycles. The van der Waals surface area contributed by atoms with Crippen molar-refractivity contribution in [1.29, 1.82) is 0 Å². The molecule has 0 unspecified atom stereocenters. The van der Waals surface area contributed by atoms with E-state index in [4.69, 9.17) is 9.47 Å². The minimum absolute atomic E-state index is 0.265. The smallest absolute Gasteiger partial charge is 0.391 e. The zero-order chi connectivity index (χ0) is 26.5. The molecular formula is C29H30BrN5O3. The van der Waals surface area contributed by atoms with Gasteiger partial charge in [0.25, 0.3) is 0 Å². The average molecular weight is 576 g/mol. The van der Waals surface area contributed by atoms with Crippen molar-refractivity contribution in [2.24, 2.45) is 5.92 Å². The van der Waals surface area contributed by atoms with Crippen LogP contribution >= 0.6 is 15.9 Å². The molecule has 196 valence electrons. The Labute approximate surface area is 230 Å². The maximum Gasteiger partial charge on any atom is 0.416 e. The molecule has 3 heterocycles. The molecule has 1 fully saturated rings. The molecular weight excluding hydrogens is 546 g/mol. The summed E-state index contributed by atoms with van der Waals surface area (Å²) in [6.45, 7) is 8.16. The van der Waals surface area contributed by atoms with Gasteiger partial charge in [-0.25, -0.2) is 19.7 Å². The lowest BCUT2D eigenvalue weighted by Gasteiger charge is -2.28. The van der Waals surface area contributed by atoms with E-state index < -0.39 is 6.09 Å². The van der Waals surface area contributed by atoms with Crippen LogP contribution in [0.1, 0.15) is 19.4 Å². The monoisotopic (exact) mass is 575 g/mol. The summed E-state index contributed by atoms with van der Waals surface area (Å²) < 4.78 is 11.7. The third-order valence-electron chi connectivity index (χ3n) is 6.28. The number of amides is 1. The molecule has 8 nitrogen and oxygen atoms in total. The highest BCUT2D eigenvalue weighted by molar-refractivity contribution is 9.10. The van der Waals surface area contributed by atoms with Crippen molar-refractivity contribution in [3.8, 4) is 17.0 Å². The number of hydrogen-bond acceptors (Lipinski definition) is 7. The summed E-state index contributed by atoms with van der Waals surface area (Å²) in [4.78, 5) is 30.4. The van der Waals surface area contributed by atoms with E-state index in [-0.39, 0.29) is 11.8 Å². The fourth-order valence-electron chi connectivity index (χ4n) is 4.56. The largest absolute Gasteiger partial charge is 0.416 e. The molecule has 38 heavy (non-hydrogen) atoms. The molecule has 1 aliphatic rings. The van der Waals surface area contributed by atoms with E-state index in [9.17, 15) is 4.79 Å². The van der Waals surface area contributed by atoms with Crippen molar-refractivity contribution in [3.05, 3.63) is 77.2 Å². The second kappa shape index (κ2) is 11.9. The van der Waals surface area contributed by atoms with Gasteiger partial charge >= 0.3 is 6.09 Å². The molecule has 0 radical (unpaired) electrons. The molecule has 9 heteroatoms. The van der Waals surface area contributed by atoms with Crippen molar-refractivity contribution in [2.75, 3.05) is 37.7 Å². The molecule has 2 aromatic heterocycles. The van der Waals surface area contributed by atoms with Gasteiger partial charge in [0.05, 0.1) is 18.7 Å². The summed E-state index contributed by atoms with van der Waals surface area (Å²) in [5.41, 5.74) is 4.06. The van der Waals surface area contributed by atoms with Gasteiger partial charge in [0.2, 0.25) is 5.88 Å². The number of pyridine rings is 1. The molecule has 0 bridgehead atoms. The zero-order valence-corrected chi connectivity index (χ0v) is 23.1. The van der Waals surface area contributed by atoms with Gasteiger partial charge in [0, 0.05) is 37.6 Å². The molecule has 0 atom stereocenters. The second-order valence-corrected chi connectivity index (χ2v) is 10.5. The first kappa shape index (κ1) is 26.1. The Bertz CT molecular complexity index is 1420. The molecule has 0 N–H and O–H groups in total. The lowest BCUT2D eigenvalue weighted by molar-refractivity contribution is 0.122. The van der Waals surface area contributed by atoms with Crippen LogP contribution in [0.5, 0.6) is 5.88 Å². The summed E-state index contributed by atoms with van der Waals surface area (Å²) in [5, 5.41) is 1.02. The normalized spacial score (nSPS) is 13.6. The Kier molecular flexibility index (Phi) is 8.14. The van der Waals surface area contributed by atoms with Crippen LogP contribution in [0, 0.1) is 5.92 Å². The van der Waals surface area contributed by atoms with Crippen LogP contribution in [0.2, 0.25) is 0 Å². The van der Waals surface area contributed by atoms with Crippen molar-refractivity contribution in [2.45, 2.75) is 20.4 Å². The standard InChI is InChI=1S/C29H30BrN5O3/c1-20(2)17-35(29(36)38-27-8-4-7-26(30)33-27)18-21-5-3-6-22(15-21)23-9-10-25-24(16-23)28(32-19-31-25)34-11-13-37-14-12-34/h3-10,15-16,19-20H,11-14,17-18H2,1-2H3. The molecule has 4 aromatic rings. The number of carbonyl (C=O) groups is 1. The van der Waals surface area contributed by atoms with Crippen molar-refractivity contribution < 1.29 is 14.3 Å². The summed E-state index contributed by atoms with van der Waals surface area (Å²) >= 11 is 3.32. The number of halogens is 1. The fourth-order valence-corrected chi connectivity index (χ4v) is 4.89. The van der Waals surface area contributed by atoms with Gasteiger partial charge in [-0.1, -0.05) is 44.2 Å². The van der Waals surface area contributed by atoms with Crippen LogP contribution in [-0.4, -0.2) is 58.8 Å². The third-order valence-corrected chi connectivity index (χ3v) is 6.73. The highest BCUT2D eigenvalue weighted by atomic mass is 79.9. The summed E-state index contributed by atoms with van der Waals surface area (Å²) in [5.74, 6) is 1.48. The Morgan fingerprint density at radius 1 is 1.05 bits per heavy atom. The van der Waals surface area contributed by atoms with Gasteiger partial charge in [-0.3, -0.25) is 0 Å². The number of morpholine rings is 1. The SMILES string of the molecule is CC(C)CN(Cc1cccc(-c2ccc3ncnc(N4CCOCC4)c3c2)c1)C(=O)Oc1cccc(Br)n1. The van der Waals surface area contributed by atoms with Gasteiger partial charge < -0.3 is 19.3 Å². The first-order chi connectivity index (χ1) is 18.5. The van der Waals surface area contributed by atoms with Gasteiger partial charge in [0.1, 0.15) is 16.7 Å². The van der Waals surface area contributed by atoms with E-state index in [2.05, 4.69) is 73.9 Å². The number of carbonyl (C=O) groups excluding carboxylic acids is 1. The van der Waals surface area contributed by atoms with Gasteiger partial charge in [0.15, 0.2) is 0 Å². The number of rotatable bonds is 7. The van der Waals surface area contributed by atoms with Crippen LogP contribution in [0.4, 0.5) is 10.6 Å². The highest BCUT2D eigenvalue weighted by Crippen LogP contribution is 2.30. The predicted molar refractivity (Wildman–Crippen MR) is 151 cm³/mol. The molecule has 0 aliphatic carbocycles. The van der Waals surface area contributed by atoms with E-state index in [1.165, 1.54) is 0 Å². The molecule has 5 rings (SSSR count). The van der Waals surface area contributed by atoms with Crippen molar-refractivity contribution in [3.63, 3.8) is 0 Å². The quantitative estimate of drug-likeness (QED) is 0.252. The molecule has 0 spiro atoms. The minimum Gasteiger partial charge on any atom is -0.391 e. The van der Waals surface area contributed by atoms with E-state index in [0.29, 0.717) is 30.9 Å². The van der Waals surface area contributed by atoms with Gasteiger partial charge in [-0.05, 0) is 62.8 Å². The van der Waals surface area contributed by atoms with Crippen LogP contribution in [-0.2, 0) is 11.3 Å². The maximum atomic E-state index is 13.1. The van der Waals surface area contributed by atoms with Crippen LogP contribution in [0.25, 0.3) is 22.0 Å². The average Bonchev–Trinajstić information content (AvgIpc) is 2.92. The van der Waals surface area contributed by atoms with Crippen LogP contribution in [0.15, 0.2) is 71.6 Å². The zero-order valence-electron chi connectivity index (χ0n) is 21.5. The molecule has 1 saturated heterocycles. The first-order valence-electron chi connectivity index (χ1n) is 12.7. The van der Waals surface area contributed by atoms with Crippen LogP contribution in [0.3, 0.4) is 0 Å². The number of nitrogens with zero attached hydrogens (tertiary/aromatic N) is 5. The number of fused-ring (bicyclic) bond motifs is 1. The number of anilines is 1. The minimum atomic E-state index is -0.423. The summed E-state index contributed by atoms with van der Waals surface area (Å²) in [7, 11) is 0. The number of aromatic nitrogens is 3. The Morgan fingerprint density at radius 3 is 2.63 bits per heavy atom. The molecule has 1 aliphatic heterocycles. The topological polar surface area (TPSA) is 80.7 Å². The summed E-state index contributed by atoms with van der Waals surface area (Å²) in [6, 6.07) is 19.8. The van der Waals surface area contributed by atoms with Gasteiger partial charge in [-0.2, -0.15) is 0 Å². The third kappa shape index (κ3) is 6.28. The number of ether oxygens (including phenoxy) is 2. The Morgan fingerprint density at radius 2 is 1.84 bits per heavy atom. The number of benzene rings is 2. The van der Waals surface area contributed by atoms with E-state index in [0.717, 1.165) is 46.5 Å². The Hall–Kier alpha value is -3.56. The molecule has 2 aromatic carbocycles. The van der Waals surface area contributed by atoms with Crippen LogP contribution < -0.4 is 9.64 Å². The highest BCUT2D eigenvalue weighted by Gasteiger charge is 2.20. The summed E-state index contributed by atoms with van der Waals surface area (Å²) in [6.07, 6.45) is 1.20. The second-order valence-electron chi connectivity index (χ2n) is 9.67. The molecule has 1 amide bonds. The van der Waals surface area contributed by atoms with Crippen molar-refractivity contribution >= 4 is 38.7 Å². The van der Waals surface area contributed by atoms with E-state index >= 15 is 0 Å². The lowest BCUT2D eigenvalue weighted by atomic mass is 10.0. The van der Waals surface area contributed by atoms with Crippen molar-refractivity contribution in [1.82, 2.24) is 19.9 Å². The maximum absolute atomic E-state index is 13.1. The Balaban J connectivity index is 1.40. The van der Waals surface area contributed by atoms with E-state index in [1.54, 1.807) is 29.4 Å². The fraction of sp³-hybridized carbons (Fsp3) is 0.310. The van der Waals surface area contributed by atoms with Gasteiger partial charge in [-0.15, -0.1) is 0 Å². The number of hydrogen-bond donors (Lipinski definition) is 0. The first-order valence-corrected chi connectivity index (χ1v) is 13.5. The predicted octanol–water partition coefficient (Wildman–Crippen LogP) is 5.95.